The predicted octanol–water partition coefficient (Wildman–Crippen LogP) is 3.52. The normalized spacial score (nSPS) is 17.5. The van der Waals surface area contributed by atoms with Gasteiger partial charge in [-0.3, -0.25) is 14.6 Å². The number of aromatic amines is 1. The molecule has 0 saturated carbocycles. The third-order valence-corrected chi connectivity index (χ3v) is 5.11. The van der Waals surface area contributed by atoms with E-state index in [2.05, 4.69) is 9.97 Å². The molecule has 3 heterocycles. The van der Waals surface area contributed by atoms with Crippen LogP contribution in [0.15, 0.2) is 41.3 Å². The Hall–Kier alpha value is -2.43. The summed E-state index contributed by atoms with van der Waals surface area (Å²) in [6, 6.07) is 9.32. The van der Waals surface area contributed by atoms with Crippen LogP contribution < -0.4 is 5.56 Å². The fraction of sp³-hybridized carbons (Fsp3) is 0.476. The smallest absolute Gasteiger partial charge is 0.255 e. The molecule has 0 radical (unpaired) electrons. The van der Waals surface area contributed by atoms with Gasteiger partial charge in [-0.2, -0.15) is 0 Å². The van der Waals surface area contributed by atoms with Crippen molar-refractivity contribution in [2.24, 2.45) is 0 Å². The Balaban J connectivity index is 1.79. The second-order valence-electron chi connectivity index (χ2n) is 7.31. The lowest BCUT2D eigenvalue weighted by Gasteiger charge is -2.36. The molecule has 1 aliphatic rings. The molecule has 1 saturated heterocycles. The van der Waals surface area contributed by atoms with E-state index in [4.69, 9.17) is 0 Å². The third-order valence-electron chi connectivity index (χ3n) is 5.11. The zero-order valence-corrected chi connectivity index (χ0v) is 15.6. The Bertz CT molecular complexity index is 798. The Morgan fingerprint density at radius 2 is 2.12 bits per heavy atom. The number of rotatable bonds is 5. The minimum absolute atomic E-state index is 0.0377. The first-order valence-corrected chi connectivity index (χ1v) is 9.50. The van der Waals surface area contributed by atoms with E-state index in [1.54, 1.807) is 6.07 Å². The Labute approximate surface area is 154 Å². The van der Waals surface area contributed by atoms with Crippen LogP contribution >= 0.6 is 0 Å². The summed E-state index contributed by atoms with van der Waals surface area (Å²) in [6.45, 7) is 4.77. The molecule has 0 bridgehead atoms. The van der Waals surface area contributed by atoms with Crippen molar-refractivity contribution < 1.29 is 4.79 Å². The highest BCUT2D eigenvalue weighted by Crippen LogP contribution is 2.25. The number of hydrogen-bond donors (Lipinski definition) is 1. The number of hydrogen-bond acceptors (Lipinski definition) is 3. The third kappa shape index (κ3) is 4.21. The number of amides is 1. The van der Waals surface area contributed by atoms with Gasteiger partial charge < -0.3 is 9.88 Å². The SMILES string of the molecule is CC(C)c1[nH]c(=O)ccc1C(=O)N1CCCCC1CCc1ccccn1. The summed E-state index contributed by atoms with van der Waals surface area (Å²) in [6.07, 6.45) is 6.82. The molecule has 1 N–H and O–H groups in total. The molecule has 0 aromatic carbocycles. The van der Waals surface area contributed by atoms with Crippen molar-refractivity contribution in [3.8, 4) is 0 Å². The molecule has 2 aromatic heterocycles. The molecule has 1 fully saturated rings. The fourth-order valence-corrected chi connectivity index (χ4v) is 3.72. The van der Waals surface area contributed by atoms with Gasteiger partial charge in [0.1, 0.15) is 0 Å². The molecule has 138 valence electrons. The van der Waals surface area contributed by atoms with Gasteiger partial charge in [0.2, 0.25) is 5.56 Å². The van der Waals surface area contributed by atoms with Crippen molar-refractivity contribution >= 4 is 5.91 Å². The van der Waals surface area contributed by atoms with Crippen molar-refractivity contribution in [1.29, 1.82) is 0 Å². The highest BCUT2D eigenvalue weighted by Gasteiger charge is 2.29. The molecule has 5 nitrogen and oxygen atoms in total. The quantitative estimate of drug-likeness (QED) is 0.894. The van der Waals surface area contributed by atoms with Gasteiger partial charge in [-0.05, 0) is 56.2 Å². The molecule has 1 unspecified atom stereocenters. The van der Waals surface area contributed by atoms with Crippen molar-refractivity contribution in [1.82, 2.24) is 14.9 Å². The van der Waals surface area contributed by atoms with Crippen LogP contribution in [-0.4, -0.2) is 33.4 Å². The number of H-pyrrole nitrogens is 1. The van der Waals surface area contributed by atoms with E-state index in [1.165, 1.54) is 6.07 Å². The highest BCUT2D eigenvalue weighted by atomic mass is 16.2. The zero-order chi connectivity index (χ0) is 18.5. The van der Waals surface area contributed by atoms with Crippen LogP contribution in [0.2, 0.25) is 0 Å². The van der Waals surface area contributed by atoms with Crippen molar-refractivity contribution in [3.05, 3.63) is 63.8 Å². The van der Waals surface area contributed by atoms with Gasteiger partial charge in [-0.15, -0.1) is 0 Å². The van der Waals surface area contributed by atoms with Crippen LogP contribution in [0.4, 0.5) is 0 Å². The molecule has 3 rings (SSSR count). The average Bonchev–Trinajstić information content (AvgIpc) is 2.67. The topological polar surface area (TPSA) is 66.1 Å². The van der Waals surface area contributed by atoms with E-state index in [-0.39, 0.29) is 23.4 Å². The number of carbonyl (C=O) groups excluding carboxylic acids is 1. The molecule has 0 aliphatic carbocycles. The van der Waals surface area contributed by atoms with Crippen molar-refractivity contribution in [2.45, 2.75) is 57.9 Å². The van der Waals surface area contributed by atoms with E-state index in [9.17, 15) is 9.59 Å². The van der Waals surface area contributed by atoms with Gasteiger partial charge in [0.05, 0.1) is 5.56 Å². The molecular weight excluding hydrogens is 326 g/mol. The summed E-state index contributed by atoms with van der Waals surface area (Å²) >= 11 is 0. The van der Waals surface area contributed by atoms with Crippen LogP contribution in [0, 0.1) is 0 Å². The van der Waals surface area contributed by atoms with Crippen LogP contribution in [0.3, 0.4) is 0 Å². The first kappa shape index (κ1) is 18.4. The first-order chi connectivity index (χ1) is 12.6. The van der Waals surface area contributed by atoms with E-state index in [0.717, 1.165) is 50.0 Å². The van der Waals surface area contributed by atoms with Gasteiger partial charge in [0.15, 0.2) is 0 Å². The number of likely N-dealkylation sites (tertiary alicyclic amines) is 1. The van der Waals surface area contributed by atoms with Gasteiger partial charge in [-0.1, -0.05) is 19.9 Å². The molecule has 2 aromatic rings. The number of aromatic nitrogens is 2. The minimum Gasteiger partial charge on any atom is -0.336 e. The average molecular weight is 353 g/mol. The molecule has 0 spiro atoms. The maximum atomic E-state index is 13.2. The molecule has 1 atom stereocenters. The number of carbonyl (C=O) groups is 1. The maximum absolute atomic E-state index is 13.2. The van der Waals surface area contributed by atoms with Crippen molar-refractivity contribution in [2.75, 3.05) is 6.54 Å². The second kappa shape index (κ2) is 8.30. The molecular formula is C21H27N3O2. The highest BCUT2D eigenvalue weighted by molar-refractivity contribution is 5.95. The van der Waals surface area contributed by atoms with Gasteiger partial charge >= 0.3 is 0 Å². The number of nitrogens with zero attached hydrogens (tertiary/aromatic N) is 2. The summed E-state index contributed by atoms with van der Waals surface area (Å²) < 4.78 is 0. The maximum Gasteiger partial charge on any atom is 0.255 e. The van der Waals surface area contributed by atoms with Crippen LogP contribution in [0.25, 0.3) is 0 Å². The molecule has 1 amide bonds. The summed E-state index contributed by atoms with van der Waals surface area (Å²) in [5.41, 5.74) is 2.27. The van der Waals surface area contributed by atoms with Crippen LogP contribution in [-0.2, 0) is 6.42 Å². The number of pyridine rings is 2. The Morgan fingerprint density at radius 3 is 2.85 bits per heavy atom. The van der Waals surface area contributed by atoms with Gasteiger partial charge in [0.25, 0.3) is 5.91 Å². The molecule has 1 aliphatic heterocycles. The Kier molecular flexibility index (Phi) is 5.86. The van der Waals surface area contributed by atoms with Crippen LogP contribution in [0.1, 0.15) is 67.2 Å². The van der Waals surface area contributed by atoms with E-state index < -0.39 is 0 Å². The number of aryl methyl sites for hydroxylation is 1. The lowest BCUT2D eigenvalue weighted by molar-refractivity contribution is 0.0599. The minimum atomic E-state index is -0.157. The van der Waals surface area contributed by atoms with Gasteiger partial charge in [0, 0.05) is 36.2 Å². The monoisotopic (exact) mass is 353 g/mol. The predicted molar refractivity (Wildman–Crippen MR) is 102 cm³/mol. The summed E-state index contributed by atoms with van der Waals surface area (Å²) in [7, 11) is 0. The van der Waals surface area contributed by atoms with Crippen molar-refractivity contribution in [3.63, 3.8) is 0 Å². The second-order valence-corrected chi connectivity index (χ2v) is 7.31. The molecule has 5 heteroatoms. The van der Waals surface area contributed by atoms with E-state index >= 15 is 0 Å². The molecule has 26 heavy (non-hydrogen) atoms. The summed E-state index contributed by atoms with van der Waals surface area (Å²) in [4.78, 5) is 34.2. The number of nitrogens with one attached hydrogen (secondary N) is 1. The lowest BCUT2D eigenvalue weighted by Crippen LogP contribution is -2.44. The fourth-order valence-electron chi connectivity index (χ4n) is 3.72. The largest absolute Gasteiger partial charge is 0.336 e. The first-order valence-electron chi connectivity index (χ1n) is 9.50. The summed E-state index contributed by atoms with van der Waals surface area (Å²) in [5, 5.41) is 0. The Morgan fingerprint density at radius 1 is 1.27 bits per heavy atom. The zero-order valence-electron chi connectivity index (χ0n) is 15.6. The van der Waals surface area contributed by atoms with E-state index in [0.29, 0.717) is 5.56 Å². The van der Waals surface area contributed by atoms with Crippen LogP contribution in [0.5, 0.6) is 0 Å². The van der Waals surface area contributed by atoms with E-state index in [1.807, 2.05) is 43.1 Å². The standard InChI is InChI=1S/C21H27N3O2/c1-15(2)20-18(11-12-19(25)23-20)21(26)24-14-6-4-8-17(24)10-9-16-7-3-5-13-22-16/h3,5,7,11-13,15,17H,4,6,8-10,14H2,1-2H3,(H,23,25). The summed E-state index contributed by atoms with van der Waals surface area (Å²) in [5.74, 6) is 0.135. The number of piperidine rings is 1. The van der Waals surface area contributed by atoms with Gasteiger partial charge in [-0.25, -0.2) is 0 Å². The lowest BCUT2D eigenvalue weighted by atomic mass is 9.95.